The Labute approximate surface area is 112 Å². The van der Waals surface area contributed by atoms with Gasteiger partial charge in [-0.3, -0.25) is 4.79 Å². The molecule has 3 N–H and O–H groups in total. The first-order valence-electron chi connectivity index (χ1n) is 5.86. The Hall–Kier alpha value is -2.89. The van der Waals surface area contributed by atoms with E-state index in [4.69, 9.17) is 10.3 Å². The molecule has 6 heteroatoms. The average Bonchev–Trinajstić information content (AvgIpc) is 2.82. The Kier molecular flexibility index (Phi) is 2.83. The van der Waals surface area contributed by atoms with Crippen LogP contribution in [0.5, 0.6) is 0 Å². The van der Waals surface area contributed by atoms with E-state index in [2.05, 4.69) is 10.1 Å². The highest BCUT2D eigenvalue weighted by molar-refractivity contribution is 5.86. The van der Waals surface area contributed by atoms with E-state index in [-0.39, 0.29) is 33.7 Å². The van der Waals surface area contributed by atoms with Crippen LogP contribution in [0.2, 0.25) is 0 Å². The third kappa shape index (κ3) is 1.87. The number of hydrogen-bond acceptors (Lipinski definition) is 4. The molecule has 0 amide bonds. The van der Waals surface area contributed by atoms with Crippen molar-refractivity contribution in [3.63, 3.8) is 0 Å². The number of benzene rings is 1. The quantitative estimate of drug-likeness (QED) is 0.749. The Morgan fingerprint density at radius 1 is 1.20 bits per heavy atom. The number of halogens is 1. The maximum absolute atomic E-state index is 13.9. The fourth-order valence-electron chi connectivity index (χ4n) is 2.00. The predicted octanol–water partition coefficient (Wildman–Crippen LogP) is 2.42. The molecule has 0 atom stereocenters. The molecule has 100 valence electrons. The molecule has 20 heavy (non-hydrogen) atoms. The Balaban J connectivity index is 2.29. The minimum absolute atomic E-state index is 0.0355. The second-order valence-electron chi connectivity index (χ2n) is 4.17. The van der Waals surface area contributed by atoms with Crippen LogP contribution in [0.15, 0.2) is 52.0 Å². The summed E-state index contributed by atoms with van der Waals surface area (Å²) in [7, 11) is 0. The van der Waals surface area contributed by atoms with E-state index < -0.39 is 5.82 Å². The van der Waals surface area contributed by atoms with Crippen LogP contribution in [-0.4, -0.2) is 10.1 Å². The lowest BCUT2D eigenvalue weighted by Gasteiger charge is -2.03. The van der Waals surface area contributed by atoms with Crippen molar-refractivity contribution in [2.75, 3.05) is 5.73 Å². The van der Waals surface area contributed by atoms with E-state index in [0.29, 0.717) is 0 Å². The van der Waals surface area contributed by atoms with E-state index in [1.54, 1.807) is 18.2 Å². The maximum Gasteiger partial charge on any atom is 0.192 e. The molecular weight excluding hydrogens is 261 g/mol. The van der Waals surface area contributed by atoms with Crippen LogP contribution in [0.1, 0.15) is 0 Å². The second kappa shape index (κ2) is 4.65. The summed E-state index contributed by atoms with van der Waals surface area (Å²) in [5.74, 6) is -0.279. The lowest BCUT2D eigenvalue weighted by atomic mass is 10.0. The molecular formula is C14H10FN3O2. The first kappa shape index (κ1) is 12.2. The third-order valence-electron chi connectivity index (χ3n) is 2.93. The van der Waals surface area contributed by atoms with Crippen LogP contribution in [0, 0.1) is 5.82 Å². The van der Waals surface area contributed by atoms with Crippen LogP contribution in [0.25, 0.3) is 22.5 Å². The van der Waals surface area contributed by atoms with Gasteiger partial charge in [-0.1, -0.05) is 23.4 Å². The molecule has 1 aromatic carbocycles. The number of nitrogens with one attached hydrogen (secondary N) is 1. The molecule has 0 saturated carbocycles. The third-order valence-corrected chi connectivity index (χ3v) is 2.93. The highest BCUT2D eigenvalue weighted by atomic mass is 19.1. The number of anilines is 1. The van der Waals surface area contributed by atoms with Crippen LogP contribution in [-0.2, 0) is 0 Å². The van der Waals surface area contributed by atoms with Gasteiger partial charge < -0.3 is 15.2 Å². The van der Waals surface area contributed by atoms with Crippen molar-refractivity contribution >= 4 is 5.82 Å². The fraction of sp³-hybridized carbons (Fsp3) is 0. The normalized spacial score (nSPS) is 10.7. The first-order valence-corrected chi connectivity index (χ1v) is 5.86. The second-order valence-corrected chi connectivity index (χ2v) is 4.17. The number of H-pyrrole nitrogens is 1. The van der Waals surface area contributed by atoms with Gasteiger partial charge in [0, 0.05) is 24.0 Å². The van der Waals surface area contributed by atoms with Gasteiger partial charge in [-0.15, -0.1) is 0 Å². The zero-order chi connectivity index (χ0) is 14.1. The molecule has 2 aromatic heterocycles. The van der Waals surface area contributed by atoms with E-state index >= 15 is 0 Å². The molecule has 0 saturated heterocycles. The number of pyridine rings is 1. The number of aromatic amines is 1. The van der Waals surface area contributed by atoms with Gasteiger partial charge >= 0.3 is 0 Å². The summed E-state index contributed by atoms with van der Waals surface area (Å²) >= 11 is 0. The number of nitrogens with two attached hydrogens (primary N) is 1. The SMILES string of the molecule is Nc1noc(-c2c[nH]ccc2=O)c1-c1ccccc1F. The molecule has 0 bridgehead atoms. The van der Waals surface area contributed by atoms with Crippen molar-refractivity contribution in [3.05, 3.63) is 58.8 Å². The van der Waals surface area contributed by atoms with Gasteiger partial charge in [0.25, 0.3) is 0 Å². The van der Waals surface area contributed by atoms with E-state index in [0.717, 1.165) is 0 Å². The molecule has 0 aliphatic rings. The van der Waals surface area contributed by atoms with Gasteiger partial charge in [0.05, 0.1) is 11.1 Å². The van der Waals surface area contributed by atoms with Crippen molar-refractivity contribution in [2.24, 2.45) is 0 Å². The first-order chi connectivity index (χ1) is 9.68. The average molecular weight is 271 g/mol. The summed E-state index contributed by atoms with van der Waals surface area (Å²) in [5, 5.41) is 3.63. The van der Waals surface area contributed by atoms with Crippen LogP contribution < -0.4 is 11.2 Å². The van der Waals surface area contributed by atoms with Crippen molar-refractivity contribution in [1.82, 2.24) is 10.1 Å². The van der Waals surface area contributed by atoms with E-state index in [1.807, 2.05) is 0 Å². The summed E-state index contributed by atoms with van der Waals surface area (Å²) in [6.45, 7) is 0. The number of hydrogen-bond donors (Lipinski definition) is 2. The molecule has 0 spiro atoms. The largest absolute Gasteiger partial charge is 0.380 e. The number of aromatic nitrogens is 2. The highest BCUT2D eigenvalue weighted by Gasteiger charge is 2.21. The Bertz CT molecular complexity index is 823. The number of nitrogen functional groups attached to an aromatic ring is 1. The van der Waals surface area contributed by atoms with Crippen LogP contribution in [0.3, 0.4) is 0 Å². The van der Waals surface area contributed by atoms with Crippen molar-refractivity contribution in [3.8, 4) is 22.5 Å². The molecule has 3 aromatic rings. The summed E-state index contributed by atoms with van der Waals surface area (Å²) in [4.78, 5) is 14.6. The van der Waals surface area contributed by atoms with Gasteiger partial charge in [0.2, 0.25) is 0 Å². The van der Waals surface area contributed by atoms with Crippen LogP contribution >= 0.6 is 0 Å². The lowest BCUT2D eigenvalue weighted by molar-refractivity contribution is 0.435. The smallest absolute Gasteiger partial charge is 0.192 e. The Morgan fingerprint density at radius 2 is 2.00 bits per heavy atom. The highest BCUT2D eigenvalue weighted by Crippen LogP contribution is 2.36. The zero-order valence-corrected chi connectivity index (χ0v) is 10.3. The Morgan fingerprint density at radius 3 is 2.75 bits per heavy atom. The molecule has 0 aliphatic heterocycles. The van der Waals surface area contributed by atoms with Gasteiger partial charge in [0.15, 0.2) is 17.0 Å². The summed E-state index contributed by atoms with van der Waals surface area (Å²) in [5.41, 5.74) is 6.24. The van der Waals surface area contributed by atoms with Crippen molar-refractivity contribution in [2.45, 2.75) is 0 Å². The zero-order valence-electron chi connectivity index (χ0n) is 10.3. The standard InChI is InChI=1S/C14H10FN3O2/c15-10-4-2-1-3-8(10)12-13(20-18-14(12)16)9-7-17-6-5-11(9)19/h1-7H,(H2,16,18)(H,17,19). The summed E-state index contributed by atoms with van der Waals surface area (Å²) < 4.78 is 19.0. The topological polar surface area (TPSA) is 84.9 Å². The molecule has 0 aliphatic carbocycles. The molecule has 0 radical (unpaired) electrons. The fourth-order valence-corrected chi connectivity index (χ4v) is 2.00. The van der Waals surface area contributed by atoms with Crippen molar-refractivity contribution < 1.29 is 8.91 Å². The molecule has 2 heterocycles. The van der Waals surface area contributed by atoms with Crippen LogP contribution in [0.4, 0.5) is 10.2 Å². The molecule has 0 fully saturated rings. The number of rotatable bonds is 2. The number of nitrogens with zero attached hydrogens (tertiary/aromatic N) is 1. The van der Waals surface area contributed by atoms with E-state index in [1.165, 1.54) is 24.5 Å². The van der Waals surface area contributed by atoms with Crippen molar-refractivity contribution in [1.29, 1.82) is 0 Å². The van der Waals surface area contributed by atoms with Gasteiger partial charge in [-0.25, -0.2) is 4.39 Å². The minimum Gasteiger partial charge on any atom is -0.380 e. The minimum atomic E-state index is -0.462. The monoisotopic (exact) mass is 271 g/mol. The molecule has 0 unspecified atom stereocenters. The van der Waals surface area contributed by atoms with Gasteiger partial charge in [-0.2, -0.15) is 0 Å². The van der Waals surface area contributed by atoms with E-state index in [9.17, 15) is 9.18 Å². The van der Waals surface area contributed by atoms with Gasteiger partial charge in [-0.05, 0) is 6.07 Å². The summed E-state index contributed by atoms with van der Waals surface area (Å²) in [6.07, 6.45) is 2.96. The lowest BCUT2D eigenvalue weighted by Crippen LogP contribution is -2.03. The molecule has 3 rings (SSSR count). The van der Waals surface area contributed by atoms with Gasteiger partial charge in [0.1, 0.15) is 5.82 Å². The maximum atomic E-state index is 13.9. The summed E-state index contributed by atoms with van der Waals surface area (Å²) in [6, 6.07) is 7.44. The molecule has 5 nitrogen and oxygen atoms in total. The predicted molar refractivity (Wildman–Crippen MR) is 72.4 cm³/mol.